The van der Waals surface area contributed by atoms with E-state index in [1.54, 1.807) is 0 Å². The quantitative estimate of drug-likeness (QED) is 0.193. The molecule has 0 saturated heterocycles. The Morgan fingerprint density at radius 1 is 0.935 bits per heavy atom. The molecule has 0 aliphatic rings. The second-order valence-corrected chi connectivity index (χ2v) is 8.74. The average Bonchev–Trinajstić information content (AvgIpc) is 2.78. The Morgan fingerprint density at radius 2 is 1.58 bits per heavy atom. The van der Waals surface area contributed by atoms with Crippen molar-refractivity contribution in [1.82, 2.24) is 0 Å². The highest BCUT2D eigenvalue weighted by Crippen LogP contribution is 2.27. The van der Waals surface area contributed by atoms with Gasteiger partial charge in [0.25, 0.3) is 0 Å². The van der Waals surface area contributed by atoms with Crippen molar-refractivity contribution in [3.63, 3.8) is 0 Å². The van der Waals surface area contributed by atoms with E-state index < -0.39 is 0 Å². The van der Waals surface area contributed by atoms with Gasteiger partial charge in [0, 0.05) is 12.3 Å². The van der Waals surface area contributed by atoms with Crippen LogP contribution in [0.15, 0.2) is 72.3 Å². The number of ether oxygens (including phenoxy) is 1. The maximum absolute atomic E-state index is 6.43. The fourth-order valence-corrected chi connectivity index (χ4v) is 3.99. The molecule has 0 spiro atoms. The summed E-state index contributed by atoms with van der Waals surface area (Å²) >= 11 is 0. The average molecular weight is 417 g/mol. The number of unbranched alkanes of at least 4 members (excludes halogenated alkanes) is 3. The van der Waals surface area contributed by atoms with Crippen LogP contribution >= 0.6 is 0 Å². The van der Waals surface area contributed by atoms with Gasteiger partial charge in [-0.25, -0.2) is 0 Å². The molecule has 0 aromatic heterocycles. The summed E-state index contributed by atoms with van der Waals surface area (Å²) in [5.41, 5.74) is 3.99. The Hall–Kier alpha value is -2.30. The highest BCUT2D eigenvalue weighted by molar-refractivity contribution is 5.20. The third kappa shape index (κ3) is 9.58. The van der Waals surface area contributed by atoms with Crippen LogP contribution in [0.3, 0.4) is 0 Å². The molecule has 166 valence electrons. The van der Waals surface area contributed by atoms with E-state index in [0.29, 0.717) is 18.4 Å². The smallest absolute Gasteiger partial charge is 0.125 e. The number of allylic oxidation sites excluding steroid dienone is 1. The van der Waals surface area contributed by atoms with Crippen molar-refractivity contribution in [1.29, 1.82) is 0 Å². The predicted octanol–water partition coefficient (Wildman–Crippen LogP) is 8.01. The number of hydrogen-bond acceptors (Lipinski definition) is 1. The molecule has 2 rings (SSSR count). The van der Waals surface area contributed by atoms with Crippen molar-refractivity contribution in [2.45, 2.75) is 78.9 Å². The molecule has 2 aromatic carbocycles. The minimum atomic E-state index is -0.0743. The highest BCUT2D eigenvalue weighted by atomic mass is 16.5. The third-order valence-corrected chi connectivity index (χ3v) is 5.73. The van der Waals surface area contributed by atoms with Gasteiger partial charge in [-0.05, 0) is 43.2 Å². The van der Waals surface area contributed by atoms with Gasteiger partial charge in [-0.2, -0.15) is 0 Å². The third-order valence-electron chi connectivity index (χ3n) is 5.73. The van der Waals surface area contributed by atoms with Crippen LogP contribution in [-0.2, 0) is 17.8 Å². The molecule has 0 aliphatic carbocycles. The van der Waals surface area contributed by atoms with Crippen molar-refractivity contribution in [3.05, 3.63) is 83.4 Å². The van der Waals surface area contributed by atoms with Gasteiger partial charge >= 0.3 is 0 Å². The predicted molar refractivity (Wildman–Crippen MR) is 134 cm³/mol. The van der Waals surface area contributed by atoms with Crippen molar-refractivity contribution in [2.24, 2.45) is 11.8 Å². The van der Waals surface area contributed by atoms with E-state index in [0.717, 1.165) is 19.3 Å². The summed E-state index contributed by atoms with van der Waals surface area (Å²) < 4.78 is 6.43. The zero-order valence-electron chi connectivity index (χ0n) is 19.9. The van der Waals surface area contributed by atoms with Crippen LogP contribution < -0.4 is 0 Å². The van der Waals surface area contributed by atoms with Crippen LogP contribution in [0.2, 0.25) is 0 Å². The summed E-state index contributed by atoms with van der Waals surface area (Å²) in [5, 5.41) is 0. The van der Waals surface area contributed by atoms with Gasteiger partial charge in [-0.15, -0.1) is 5.92 Å². The monoisotopic (exact) mass is 416 g/mol. The van der Waals surface area contributed by atoms with Crippen LogP contribution in [0.4, 0.5) is 0 Å². The van der Waals surface area contributed by atoms with Crippen LogP contribution in [0.1, 0.15) is 70.9 Å². The van der Waals surface area contributed by atoms with Crippen molar-refractivity contribution < 1.29 is 4.74 Å². The molecule has 1 nitrogen and oxygen atoms in total. The maximum atomic E-state index is 6.43. The summed E-state index contributed by atoms with van der Waals surface area (Å²) in [6.07, 6.45) is 9.05. The molecular weight excluding hydrogens is 376 g/mol. The van der Waals surface area contributed by atoms with Gasteiger partial charge < -0.3 is 4.74 Å². The van der Waals surface area contributed by atoms with E-state index in [1.807, 2.05) is 6.07 Å². The van der Waals surface area contributed by atoms with Crippen molar-refractivity contribution in [2.75, 3.05) is 0 Å². The summed E-state index contributed by atoms with van der Waals surface area (Å²) in [6.45, 7) is 9.67. The molecule has 0 amide bonds. The molecule has 0 bridgehead atoms. The second kappa shape index (κ2) is 14.7. The van der Waals surface area contributed by atoms with Gasteiger partial charge in [0.1, 0.15) is 6.10 Å². The lowest BCUT2D eigenvalue weighted by atomic mass is 9.83. The zero-order valence-corrected chi connectivity index (χ0v) is 19.9. The van der Waals surface area contributed by atoms with Gasteiger partial charge in [0.15, 0.2) is 0 Å². The summed E-state index contributed by atoms with van der Waals surface area (Å²) in [7, 11) is 0. The van der Waals surface area contributed by atoms with Crippen LogP contribution in [0.5, 0.6) is 0 Å². The Morgan fingerprint density at radius 3 is 2.19 bits per heavy atom. The van der Waals surface area contributed by atoms with Crippen LogP contribution in [0, 0.1) is 23.7 Å². The molecule has 31 heavy (non-hydrogen) atoms. The second-order valence-electron chi connectivity index (χ2n) is 8.74. The first-order chi connectivity index (χ1) is 15.1. The lowest BCUT2D eigenvalue weighted by Gasteiger charge is -2.28. The van der Waals surface area contributed by atoms with E-state index in [-0.39, 0.29) is 6.10 Å². The van der Waals surface area contributed by atoms with Gasteiger partial charge in [0.2, 0.25) is 0 Å². The van der Waals surface area contributed by atoms with E-state index >= 15 is 0 Å². The molecule has 2 unspecified atom stereocenters. The molecule has 2 aromatic rings. The fraction of sp³-hybridized carbons (Fsp3) is 0.467. The molecule has 0 saturated carbocycles. The first kappa shape index (κ1) is 25.0. The van der Waals surface area contributed by atoms with Gasteiger partial charge in [-0.3, -0.25) is 0 Å². The molecule has 0 radical (unpaired) electrons. The topological polar surface area (TPSA) is 9.23 Å². The molecular formula is C30H40O. The maximum Gasteiger partial charge on any atom is 0.125 e. The number of aryl methyl sites for hydroxylation is 1. The minimum absolute atomic E-state index is 0.0743. The molecule has 0 aliphatic heterocycles. The highest BCUT2D eigenvalue weighted by Gasteiger charge is 2.25. The standard InChI is InChI=1S/C30H40O/c1-5-6-7-8-15-23-29(31-24-28-20-13-10-14-21-28)30(25(2)3)26(4)17-16-22-27-18-11-9-12-19-27/h9-14,17-21,25,29-30H,5-8,16,22,24H2,1-4H3/b26-17-. The van der Waals surface area contributed by atoms with E-state index in [4.69, 9.17) is 4.74 Å². The number of rotatable bonds is 12. The van der Waals surface area contributed by atoms with Gasteiger partial charge in [0.05, 0.1) is 6.61 Å². The summed E-state index contributed by atoms with van der Waals surface area (Å²) in [6, 6.07) is 21.1. The fourth-order valence-electron chi connectivity index (χ4n) is 3.99. The first-order valence-electron chi connectivity index (χ1n) is 12.0. The van der Waals surface area contributed by atoms with Crippen LogP contribution in [0.25, 0.3) is 0 Å². The van der Waals surface area contributed by atoms with Crippen molar-refractivity contribution >= 4 is 0 Å². The molecule has 0 heterocycles. The Labute approximate surface area is 190 Å². The number of benzene rings is 2. The molecule has 1 heteroatoms. The van der Waals surface area contributed by atoms with Crippen molar-refractivity contribution in [3.8, 4) is 11.8 Å². The molecule has 0 fully saturated rings. The molecule has 2 atom stereocenters. The van der Waals surface area contributed by atoms with E-state index in [1.165, 1.54) is 36.0 Å². The number of hydrogen-bond donors (Lipinski definition) is 0. The lowest BCUT2D eigenvalue weighted by molar-refractivity contribution is 0.0361. The molecule has 0 N–H and O–H groups in total. The Bertz CT molecular complexity index is 808. The zero-order chi connectivity index (χ0) is 22.3. The normalized spacial score (nSPS) is 13.5. The largest absolute Gasteiger partial charge is 0.360 e. The van der Waals surface area contributed by atoms with E-state index in [2.05, 4.69) is 100 Å². The summed E-state index contributed by atoms with van der Waals surface area (Å²) in [4.78, 5) is 0. The lowest BCUT2D eigenvalue weighted by Crippen LogP contribution is -2.28. The van der Waals surface area contributed by atoms with E-state index in [9.17, 15) is 0 Å². The summed E-state index contributed by atoms with van der Waals surface area (Å²) in [5.74, 6) is 7.71. The van der Waals surface area contributed by atoms with Crippen LogP contribution in [-0.4, -0.2) is 6.10 Å². The Balaban J connectivity index is 2.10. The minimum Gasteiger partial charge on any atom is -0.360 e. The van der Waals surface area contributed by atoms with Gasteiger partial charge in [-0.1, -0.05) is 112 Å². The SMILES string of the molecule is CCCCCC#CC(OCc1ccccc1)C(/C(C)=C\CCc1ccccc1)C(C)C. The first-order valence-corrected chi connectivity index (χ1v) is 12.0. The Kier molecular flexibility index (Phi) is 11.8.